The fraction of sp³-hybridized carbons (Fsp3) is 1.00. The second kappa shape index (κ2) is 2.38. The van der Waals surface area contributed by atoms with Gasteiger partial charge in [0, 0.05) is 0 Å². The summed E-state index contributed by atoms with van der Waals surface area (Å²) in [5.74, 6) is 0. The van der Waals surface area contributed by atoms with Crippen molar-refractivity contribution in [1.29, 1.82) is 0 Å². The lowest BCUT2D eigenvalue weighted by molar-refractivity contribution is -0.207. The molecule has 0 aromatic heterocycles. The fourth-order valence-corrected chi connectivity index (χ4v) is 1.36. The number of hydrogen-bond acceptors (Lipinski definition) is 4. The lowest BCUT2D eigenvalue weighted by Gasteiger charge is -2.30. The quantitative estimate of drug-likeness (QED) is 0.472. The van der Waals surface area contributed by atoms with Crippen LogP contribution in [-0.2, 0) is 9.47 Å². The van der Waals surface area contributed by atoms with E-state index in [4.69, 9.17) is 19.7 Å². The van der Waals surface area contributed by atoms with Gasteiger partial charge in [0.15, 0.2) is 12.5 Å². The molecule has 0 aromatic rings. The molecule has 2 bridgehead atoms. The standard InChI is InChI=1S/C6H9FO4/c7-3-5(9)4(8)2-1-10-6(3)11-2/h2-6,8-9H,1H2/t2-,3+,4-,5-,6-/m1/s1. The van der Waals surface area contributed by atoms with E-state index in [2.05, 4.69) is 0 Å². The summed E-state index contributed by atoms with van der Waals surface area (Å²) in [6, 6.07) is 0. The zero-order chi connectivity index (χ0) is 8.01. The number of alkyl halides is 1. The summed E-state index contributed by atoms with van der Waals surface area (Å²) in [6.45, 7) is 0.156. The number of rotatable bonds is 0. The van der Waals surface area contributed by atoms with Gasteiger partial charge in [-0.2, -0.15) is 0 Å². The van der Waals surface area contributed by atoms with Crippen LogP contribution in [0, 0.1) is 0 Å². The average Bonchev–Trinajstić information content (AvgIpc) is 2.44. The summed E-state index contributed by atoms with van der Waals surface area (Å²) in [5, 5.41) is 18.2. The smallest absolute Gasteiger partial charge is 0.192 e. The van der Waals surface area contributed by atoms with Crippen LogP contribution >= 0.6 is 0 Å². The molecule has 2 aliphatic heterocycles. The van der Waals surface area contributed by atoms with E-state index in [0.717, 1.165) is 0 Å². The van der Waals surface area contributed by atoms with Gasteiger partial charge in [0.25, 0.3) is 0 Å². The predicted octanol–water partition coefficient (Wildman–Crippen LogP) is -1.20. The molecule has 2 aliphatic rings. The molecule has 64 valence electrons. The first-order valence-electron chi connectivity index (χ1n) is 3.47. The number of aliphatic hydroxyl groups excluding tert-OH is 2. The Morgan fingerprint density at radius 2 is 2.00 bits per heavy atom. The van der Waals surface area contributed by atoms with Gasteiger partial charge in [-0.15, -0.1) is 0 Å². The van der Waals surface area contributed by atoms with Crippen molar-refractivity contribution in [3.63, 3.8) is 0 Å². The monoisotopic (exact) mass is 164 g/mol. The summed E-state index contributed by atoms with van der Waals surface area (Å²) in [4.78, 5) is 0. The topological polar surface area (TPSA) is 58.9 Å². The fourth-order valence-electron chi connectivity index (χ4n) is 1.36. The molecule has 5 atom stereocenters. The Bertz CT molecular complexity index is 145. The van der Waals surface area contributed by atoms with Crippen LogP contribution in [0.15, 0.2) is 0 Å². The molecule has 2 rings (SSSR count). The van der Waals surface area contributed by atoms with Crippen LogP contribution < -0.4 is 0 Å². The maximum absolute atomic E-state index is 12.9. The normalized spacial score (nSPS) is 56.5. The Morgan fingerprint density at radius 1 is 1.27 bits per heavy atom. The Morgan fingerprint density at radius 3 is 2.73 bits per heavy atom. The molecule has 0 unspecified atom stereocenters. The van der Waals surface area contributed by atoms with Gasteiger partial charge in [-0.1, -0.05) is 0 Å². The molecule has 5 heteroatoms. The molecule has 4 nitrogen and oxygen atoms in total. The third-order valence-electron chi connectivity index (χ3n) is 2.05. The van der Waals surface area contributed by atoms with Gasteiger partial charge in [-0.05, 0) is 0 Å². The summed E-state index contributed by atoms with van der Waals surface area (Å²) in [6.07, 6.45) is -5.73. The largest absolute Gasteiger partial charge is 0.387 e. The van der Waals surface area contributed by atoms with Crippen molar-refractivity contribution in [3.8, 4) is 0 Å². The first-order valence-corrected chi connectivity index (χ1v) is 3.47. The van der Waals surface area contributed by atoms with Gasteiger partial charge in [-0.25, -0.2) is 4.39 Å². The highest BCUT2D eigenvalue weighted by Gasteiger charge is 2.49. The number of fused-ring (bicyclic) bond motifs is 2. The van der Waals surface area contributed by atoms with E-state index in [9.17, 15) is 4.39 Å². The highest BCUT2D eigenvalue weighted by Crippen LogP contribution is 2.29. The zero-order valence-corrected chi connectivity index (χ0v) is 5.68. The van der Waals surface area contributed by atoms with Crippen LogP contribution in [-0.4, -0.2) is 47.6 Å². The van der Waals surface area contributed by atoms with Gasteiger partial charge in [0.1, 0.15) is 18.3 Å². The van der Waals surface area contributed by atoms with Crippen LogP contribution in [0.5, 0.6) is 0 Å². The van der Waals surface area contributed by atoms with Crippen molar-refractivity contribution >= 4 is 0 Å². The highest BCUT2D eigenvalue weighted by atomic mass is 19.1. The molecule has 2 N–H and O–H groups in total. The molecule has 2 saturated heterocycles. The predicted molar refractivity (Wildman–Crippen MR) is 31.5 cm³/mol. The third kappa shape index (κ3) is 0.961. The molecule has 0 spiro atoms. The highest BCUT2D eigenvalue weighted by molar-refractivity contribution is 4.92. The zero-order valence-electron chi connectivity index (χ0n) is 5.68. The lowest BCUT2D eigenvalue weighted by atomic mass is 10.0. The Kier molecular flexibility index (Phi) is 1.61. The van der Waals surface area contributed by atoms with Gasteiger partial charge in [0.2, 0.25) is 0 Å². The van der Waals surface area contributed by atoms with Crippen molar-refractivity contribution in [3.05, 3.63) is 0 Å². The number of ether oxygens (including phenoxy) is 2. The maximum Gasteiger partial charge on any atom is 0.192 e. The average molecular weight is 164 g/mol. The van der Waals surface area contributed by atoms with E-state index in [1.807, 2.05) is 0 Å². The molecule has 11 heavy (non-hydrogen) atoms. The van der Waals surface area contributed by atoms with Crippen molar-refractivity contribution < 1.29 is 24.1 Å². The number of aliphatic hydroxyl groups is 2. The van der Waals surface area contributed by atoms with E-state index < -0.39 is 30.8 Å². The summed E-state index contributed by atoms with van der Waals surface area (Å²) in [5.41, 5.74) is 0. The second-order valence-corrected chi connectivity index (χ2v) is 2.80. The third-order valence-corrected chi connectivity index (χ3v) is 2.05. The molecule has 0 aromatic carbocycles. The summed E-state index contributed by atoms with van der Waals surface area (Å²) < 4.78 is 22.6. The molecule has 0 amide bonds. The van der Waals surface area contributed by atoms with Gasteiger partial charge in [0.05, 0.1) is 6.61 Å². The molecule has 0 aliphatic carbocycles. The molecular weight excluding hydrogens is 155 g/mol. The van der Waals surface area contributed by atoms with Crippen LogP contribution in [0.25, 0.3) is 0 Å². The minimum absolute atomic E-state index is 0.156. The minimum Gasteiger partial charge on any atom is -0.387 e. The van der Waals surface area contributed by atoms with E-state index >= 15 is 0 Å². The van der Waals surface area contributed by atoms with E-state index in [1.165, 1.54) is 0 Å². The minimum atomic E-state index is -1.64. The van der Waals surface area contributed by atoms with E-state index in [-0.39, 0.29) is 6.61 Å². The summed E-state index contributed by atoms with van der Waals surface area (Å²) >= 11 is 0. The first kappa shape index (κ1) is 7.42. The van der Waals surface area contributed by atoms with Crippen molar-refractivity contribution in [1.82, 2.24) is 0 Å². The molecule has 0 saturated carbocycles. The molecular formula is C6H9FO4. The lowest BCUT2D eigenvalue weighted by Crippen LogP contribution is -2.51. The van der Waals surface area contributed by atoms with Gasteiger partial charge >= 0.3 is 0 Å². The Hall–Kier alpha value is -0.230. The van der Waals surface area contributed by atoms with Crippen molar-refractivity contribution in [2.75, 3.05) is 6.61 Å². The van der Waals surface area contributed by atoms with E-state index in [1.54, 1.807) is 0 Å². The SMILES string of the molecule is O[C@H]1[C@H](O)[C@H]2CO[C@H](O2)[C@H]1F. The van der Waals surface area contributed by atoms with Crippen LogP contribution in [0.3, 0.4) is 0 Å². The van der Waals surface area contributed by atoms with Gasteiger partial charge < -0.3 is 19.7 Å². The molecule has 2 fully saturated rings. The molecule has 0 radical (unpaired) electrons. The summed E-state index contributed by atoms with van der Waals surface area (Å²) in [7, 11) is 0. The number of hydrogen-bond donors (Lipinski definition) is 2. The van der Waals surface area contributed by atoms with Crippen molar-refractivity contribution in [2.24, 2.45) is 0 Å². The van der Waals surface area contributed by atoms with Crippen molar-refractivity contribution in [2.45, 2.75) is 30.8 Å². The van der Waals surface area contributed by atoms with Crippen LogP contribution in [0.1, 0.15) is 0 Å². The van der Waals surface area contributed by atoms with E-state index in [0.29, 0.717) is 0 Å². The van der Waals surface area contributed by atoms with Crippen LogP contribution in [0.2, 0.25) is 0 Å². The maximum atomic E-state index is 12.9. The molecule has 2 heterocycles. The van der Waals surface area contributed by atoms with Crippen LogP contribution in [0.4, 0.5) is 4.39 Å². The Labute approximate surface area is 62.5 Å². The van der Waals surface area contributed by atoms with Gasteiger partial charge in [-0.3, -0.25) is 0 Å². The first-order chi connectivity index (χ1) is 5.20. The second-order valence-electron chi connectivity index (χ2n) is 2.80. The number of halogens is 1. The Balaban J connectivity index is 2.16.